The molecule has 2 aromatic heterocycles. The molecule has 0 radical (unpaired) electrons. The van der Waals surface area contributed by atoms with Crippen LogP contribution >= 0.6 is 22.7 Å². The van der Waals surface area contributed by atoms with Crippen molar-refractivity contribution in [2.24, 2.45) is 4.99 Å². The fourth-order valence-electron chi connectivity index (χ4n) is 4.29. The largest absolute Gasteiger partial charge is 0.493 e. The number of carbonyl (C=O) groups excluding carboxylic acids is 1. The van der Waals surface area contributed by atoms with Crippen molar-refractivity contribution < 1.29 is 19.0 Å². The Morgan fingerprint density at radius 2 is 1.92 bits per heavy atom. The molecule has 194 valence electrons. The van der Waals surface area contributed by atoms with Crippen molar-refractivity contribution in [3.63, 3.8) is 0 Å². The van der Waals surface area contributed by atoms with Gasteiger partial charge in [-0.15, -0.1) is 11.3 Å². The minimum atomic E-state index is -0.587. The molecule has 0 spiro atoms. The third-order valence-electron chi connectivity index (χ3n) is 6.05. The van der Waals surface area contributed by atoms with E-state index in [4.69, 9.17) is 14.2 Å². The number of allylic oxidation sites excluding steroid dienone is 1. The lowest BCUT2D eigenvalue weighted by Crippen LogP contribution is -2.39. The van der Waals surface area contributed by atoms with Crippen LogP contribution in [0.1, 0.15) is 35.9 Å². The van der Waals surface area contributed by atoms with Crippen LogP contribution in [0, 0.1) is 0 Å². The molecule has 7 nitrogen and oxygen atoms in total. The first kappa shape index (κ1) is 25.7. The van der Waals surface area contributed by atoms with Crippen LogP contribution in [0.25, 0.3) is 6.08 Å². The van der Waals surface area contributed by atoms with Crippen LogP contribution in [0.15, 0.2) is 87.1 Å². The van der Waals surface area contributed by atoms with Crippen LogP contribution in [0.5, 0.6) is 11.5 Å². The Labute approximate surface area is 227 Å². The molecule has 0 saturated carbocycles. The lowest BCUT2D eigenvalue weighted by atomic mass is 10.0. The van der Waals surface area contributed by atoms with Gasteiger partial charge in [-0.05, 0) is 54.6 Å². The number of esters is 1. The van der Waals surface area contributed by atoms with Crippen molar-refractivity contribution in [3.8, 4) is 11.5 Å². The zero-order chi connectivity index (χ0) is 26.6. The molecule has 0 fully saturated rings. The lowest BCUT2D eigenvalue weighted by molar-refractivity contribution is -0.139. The van der Waals surface area contributed by atoms with Gasteiger partial charge in [0, 0.05) is 4.88 Å². The summed E-state index contributed by atoms with van der Waals surface area (Å²) >= 11 is 2.77. The molecule has 0 unspecified atom stereocenters. The van der Waals surface area contributed by atoms with E-state index in [-0.39, 0.29) is 12.2 Å². The summed E-state index contributed by atoms with van der Waals surface area (Å²) in [5.41, 5.74) is 2.56. The number of ether oxygens (including phenoxy) is 3. The van der Waals surface area contributed by atoms with E-state index in [1.165, 1.54) is 22.7 Å². The van der Waals surface area contributed by atoms with Gasteiger partial charge in [-0.2, -0.15) is 0 Å². The Morgan fingerprint density at radius 1 is 1.11 bits per heavy atom. The first-order chi connectivity index (χ1) is 18.5. The van der Waals surface area contributed by atoms with E-state index in [1.54, 1.807) is 25.5 Å². The number of nitrogens with zero attached hydrogens (tertiary/aromatic N) is 2. The molecule has 3 heterocycles. The summed E-state index contributed by atoms with van der Waals surface area (Å²) in [4.78, 5) is 32.6. The topological polar surface area (TPSA) is 79.1 Å². The summed E-state index contributed by atoms with van der Waals surface area (Å²) in [5, 5.41) is 1.93. The van der Waals surface area contributed by atoms with Gasteiger partial charge < -0.3 is 14.2 Å². The zero-order valence-electron chi connectivity index (χ0n) is 21.2. The Bertz CT molecular complexity index is 1670. The maximum absolute atomic E-state index is 13.7. The van der Waals surface area contributed by atoms with Crippen LogP contribution in [-0.4, -0.2) is 24.3 Å². The third kappa shape index (κ3) is 5.07. The molecule has 0 bridgehead atoms. The van der Waals surface area contributed by atoms with Gasteiger partial charge in [-0.25, -0.2) is 9.79 Å². The van der Waals surface area contributed by atoms with Crippen molar-refractivity contribution in [1.82, 2.24) is 4.57 Å². The number of benzene rings is 2. The maximum atomic E-state index is 13.7. The van der Waals surface area contributed by atoms with Gasteiger partial charge in [0.15, 0.2) is 16.3 Å². The SMILES string of the molecule is CCOC(=O)C1=C(C)N=c2s/c(=C\c3ccc(OCc4ccccc4)c(OC)c3)c(=O)n2[C@H]1c1cccs1. The molecule has 38 heavy (non-hydrogen) atoms. The van der Waals surface area contributed by atoms with Gasteiger partial charge in [-0.1, -0.05) is 53.8 Å². The predicted molar refractivity (Wildman–Crippen MR) is 148 cm³/mol. The van der Waals surface area contributed by atoms with Crippen molar-refractivity contribution in [1.29, 1.82) is 0 Å². The van der Waals surface area contributed by atoms with Gasteiger partial charge in [0.1, 0.15) is 12.6 Å². The second kappa shape index (κ2) is 11.2. The first-order valence-electron chi connectivity index (χ1n) is 12.1. The molecular formula is C29H26N2O5S2. The van der Waals surface area contributed by atoms with Crippen LogP contribution in [-0.2, 0) is 16.1 Å². The summed E-state index contributed by atoms with van der Waals surface area (Å²) in [5.74, 6) is 0.721. The number of rotatable bonds is 8. The van der Waals surface area contributed by atoms with Crippen LogP contribution in [0.2, 0.25) is 0 Å². The van der Waals surface area contributed by atoms with E-state index in [1.807, 2.05) is 72.1 Å². The molecular weight excluding hydrogens is 520 g/mol. The first-order valence-corrected chi connectivity index (χ1v) is 13.8. The third-order valence-corrected chi connectivity index (χ3v) is 7.96. The summed E-state index contributed by atoms with van der Waals surface area (Å²) in [6.07, 6.45) is 1.81. The Hall–Kier alpha value is -3.95. The van der Waals surface area contributed by atoms with Crippen LogP contribution in [0.3, 0.4) is 0 Å². The molecule has 1 aliphatic rings. The number of aromatic nitrogens is 1. The summed E-state index contributed by atoms with van der Waals surface area (Å²) in [7, 11) is 1.59. The Balaban J connectivity index is 1.53. The summed E-state index contributed by atoms with van der Waals surface area (Å²) in [6, 6.07) is 18.7. The summed E-state index contributed by atoms with van der Waals surface area (Å²) < 4.78 is 19.0. The molecule has 0 aliphatic carbocycles. The Kier molecular flexibility index (Phi) is 7.57. The van der Waals surface area contributed by atoms with Gasteiger partial charge in [0.2, 0.25) is 0 Å². The molecule has 4 aromatic rings. The van der Waals surface area contributed by atoms with E-state index in [9.17, 15) is 9.59 Å². The minimum absolute atomic E-state index is 0.218. The van der Waals surface area contributed by atoms with Gasteiger partial charge in [-0.3, -0.25) is 9.36 Å². The second-order valence-electron chi connectivity index (χ2n) is 8.50. The molecule has 2 aromatic carbocycles. The monoisotopic (exact) mass is 546 g/mol. The highest BCUT2D eigenvalue weighted by Crippen LogP contribution is 2.33. The number of hydrogen-bond acceptors (Lipinski definition) is 8. The number of thiazole rings is 1. The van der Waals surface area contributed by atoms with E-state index < -0.39 is 12.0 Å². The number of carbonyl (C=O) groups is 1. The van der Waals surface area contributed by atoms with Gasteiger partial charge >= 0.3 is 5.97 Å². The molecule has 1 atom stereocenters. The number of thiophene rings is 1. The van der Waals surface area contributed by atoms with E-state index in [2.05, 4.69) is 4.99 Å². The number of fused-ring (bicyclic) bond motifs is 1. The lowest BCUT2D eigenvalue weighted by Gasteiger charge is -2.23. The van der Waals surface area contributed by atoms with Crippen molar-refractivity contribution in [3.05, 3.63) is 113 Å². The molecule has 0 amide bonds. The second-order valence-corrected chi connectivity index (χ2v) is 10.5. The highest BCUT2D eigenvalue weighted by atomic mass is 32.1. The molecule has 5 rings (SSSR count). The fraction of sp³-hybridized carbons (Fsp3) is 0.207. The van der Waals surface area contributed by atoms with E-state index in [0.717, 1.165) is 16.0 Å². The molecule has 0 saturated heterocycles. The summed E-state index contributed by atoms with van der Waals surface area (Å²) in [6.45, 7) is 4.20. The normalized spacial score (nSPS) is 15.1. The zero-order valence-corrected chi connectivity index (χ0v) is 22.8. The average molecular weight is 547 g/mol. The molecule has 9 heteroatoms. The maximum Gasteiger partial charge on any atom is 0.338 e. The predicted octanol–water partition coefficient (Wildman–Crippen LogP) is 4.45. The van der Waals surface area contributed by atoms with Crippen molar-refractivity contribution in [2.45, 2.75) is 26.5 Å². The smallest absolute Gasteiger partial charge is 0.338 e. The quantitative estimate of drug-likeness (QED) is 0.305. The van der Waals surface area contributed by atoms with Crippen LogP contribution < -0.4 is 24.4 Å². The Morgan fingerprint density at radius 3 is 2.63 bits per heavy atom. The van der Waals surface area contributed by atoms with Gasteiger partial charge in [0.05, 0.1) is 29.5 Å². The number of hydrogen-bond donors (Lipinski definition) is 0. The van der Waals surface area contributed by atoms with Crippen molar-refractivity contribution in [2.75, 3.05) is 13.7 Å². The van der Waals surface area contributed by atoms with Crippen LogP contribution in [0.4, 0.5) is 0 Å². The van der Waals surface area contributed by atoms with E-state index >= 15 is 0 Å². The van der Waals surface area contributed by atoms with Gasteiger partial charge in [0.25, 0.3) is 5.56 Å². The fourth-order valence-corrected chi connectivity index (χ4v) is 6.16. The molecule has 1 aliphatic heterocycles. The standard InChI is InChI=1S/C29H26N2O5S2/c1-4-35-28(33)25-18(2)30-29-31(26(25)23-11-8-14-37-23)27(32)24(38-29)16-20-12-13-21(22(15-20)34-3)36-17-19-9-6-5-7-10-19/h5-16,26H,4,17H2,1-3H3/b24-16-/t26-/m0/s1. The average Bonchev–Trinajstić information content (AvgIpc) is 3.56. The highest BCUT2D eigenvalue weighted by Gasteiger charge is 2.33. The molecule has 0 N–H and O–H groups in total. The minimum Gasteiger partial charge on any atom is -0.493 e. The highest BCUT2D eigenvalue weighted by molar-refractivity contribution is 7.10. The van der Waals surface area contributed by atoms with Crippen molar-refractivity contribution >= 4 is 34.7 Å². The van der Waals surface area contributed by atoms with E-state index in [0.29, 0.717) is 38.7 Å². The number of methoxy groups -OCH3 is 1.